The number of fused-ring (bicyclic) bond motifs is 1. The molecule has 2 aliphatic rings. The molecule has 2 aromatic heterocycles. The highest BCUT2D eigenvalue weighted by Crippen LogP contribution is 2.30. The van der Waals surface area contributed by atoms with Crippen molar-refractivity contribution in [1.82, 2.24) is 14.5 Å². The third-order valence-electron chi connectivity index (χ3n) is 5.36. The zero-order valence-electron chi connectivity index (χ0n) is 14.0. The predicted molar refractivity (Wildman–Crippen MR) is 93.0 cm³/mol. The molecule has 4 nitrogen and oxygen atoms in total. The van der Waals surface area contributed by atoms with E-state index in [2.05, 4.69) is 39.7 Å². The first-order chi connectivity index (χ1) is 11.3. The minimum Gasteiger partial charge on any atom is -0.356 e. The number of anilines is 1. The molecule has 1 aliphatic carbocycles. The second-order valence-electron chi connectivity index (χ2n) is 6.84. The Morgan fingerprint density at radius 3 is 3.00 bits per heavy atom. The second-order valence-corrected chi connectivity index (χ2v) is 6.84. The summed E-state index contributed by atoms with van der Waals surface area (Å²) in [6, 6.07) is 4.55. The SMILES string of the molecule is CCn1ccnc1C1CCCN(c2ccc3c(n2)CCCC3)C1. The van der Waals surface area contributed by atoms with Crippen LogP contribution >= 0.6 is 0 Å². The number of aromatic nitrogens is 3. The predicted octanol–water partition coefficient (Wildman–Crippen LogP) is 3.56. The molecule has 2 aromatic rings. The van der Waals surface area contributed by atoms with Gasteiger partial charge in [-0.25, -0.2) is 9.97 Å². The summed E-state index contributed by atoms with van der Waals surface area (Å²) in [6.07, 6.45) is 11.5. The van der Waals surface area contributed by atoms with Gasteiger partial charge in [-0.3, -0.25) is 0 Å². The van der Waals surface area contributed by atoms with Gasteiger partial charge in [0.1, 0.15) is 11.6 Å². The van der Waals surface area contributed by atoms with Gasteiger partial charge in [-0.15, -0.1) is 0 Å². The number of hydrogen-bond acceptors (Lipinski definition) is 3. The van der Waals surface area contributed by atoms with E-state index in [-0.39, 0.29) is 0 Å². The molecule has 1 unspecified atom stereocenters. The van der Waals surface area contributed by atoms with Gasteiger partial charge < -0.3 is 9.47 Å². The van der Waals surface area contributed by atoms with Crippen LogP contribution in [0.25, 0.3) is 0 Å². The number of hydrogen-bond donors (Lipinski definition) is 0. The van der Waals surface area contributed by atoms with Crippen LogP contribution in [0.15, 0.2) is 24.5 Å². The zero-order valence-corrected chi connectivity index (χ0v) is 14.0. The molecular weight excluding hydrogens is 284 g/mol. The van der Waals surface area contributed by atoms with Gasteiger partial charge in [-0.05, 0) is 57.1 Å². The number of piperidine rings is 1. The lowest BCUT2D eigenvalue weighted by Crippen LogP contribution is -2.36. The lowest BCUT2D eigenvalue weighted by molar-refractivity contribution is 0.471. The minimum atomic E-state index is 0.525. The topological polar surface area (TPSA) is 34.0 Å². The normalized spacial score (nSPS) is 21.3. The maximum absolute atomic E-state index is 4.99. The van der Waals surface area contributed by atoms with E-state index in [4.69, 9.17) is 4.98 Å². The van der Waals surface area contributed by atoms with Crippen molar-refractivity contribution < 1.29 is 0 Å². The highest BCUT2D eigenvalue weighted by atomic mass is 15.2. The molecule has 0 aromatic carbocycles. The molecule has 1 atom stereocenters. The Hall–Kier alpha value is -1.84. The molecule has 1 saturated heterocycles. The molecule has 0 amide bonds. The smallest absolute Gasteiger partial charge is 0.128 e. The first-order valence-corrected chi connectivity index (χ1v) is 9.10. The van der Waals surface area contributed by atoms with Crippen LogP contribution in [-0.4, -0.2) is 27.6 Å². The van der Waals surface area contributed by atoms with Crippen molar-refractivity contribution in [3.05, 3.63) is 41.6 Å². The molecule has 1 fully saturated rings. The third kappa shape index (κ3) is 2.87. The van der Waals surface area contributed by atoms with Crippen LogP contribution in [0.3, 0.4) is 0 Å². The zero-order chi connectivity index (χ0) is 15.6. The van der Waals surface area contributed by atoms with Gasteiger partial charge in [0, 0.05) is 43.6 Å². The summed E-state index contributed by atoms with van der Waals surface area (Å²) in [5.41, 5.74) is 2.81. The summed E-state index contributed by atoms with van der Waals surface area (Å²) in [4.78, 5) is 12.1. The number of nitrogens with zero attached hydrogens (tertiary/aromatic N) is 4. The molecule has 1 aliphatic heterocycles. The van der Waals surface area contributed by atoms with Gasteiger partial charge in [0.05, 0.1) is 0 Å². The number of aryl methyl sites for hydroxylation is 3. The standard InChI is InChI=1S/C19H26N4/c1-2-22-13-11-20-19(22)16-7-5-12-23(14-16)18-10-9-15-6-3-4-8-17(15)21-18/h9-11,13,16H,2-8,12,14H2,1H3. The molecule has 4 heteroatoms. The fourth-order valence-corrected chi connectivity index (χ4v) is 4.09. The quantitative estimate of drug-likeness (QED) is 0.869. The first-order valence-electron chi connectivity index (χ1n) is 9.10. The number of rotatable bonds is 3. The van der Waals surface area contributed by atoms with Crippen molar-refractivity contribution in [2.24, 2.45) is 0 Å². The molecule has 122 valence electrons. The average molecular weight is 310 g/mol. The summed E-state index contributed by atoms with van der Waals surface area (Å²) >= 11 is 0. The second kappa shape index (κ2) is 6.34. The Morgan fingerprint density at radius 2 is 2.09 bits per heavy atom. The maximum atomic E-state index is 4.99. The number of imidazole rings is 1. The van der Waals surface area contributed by atoms with Gasteiger partial charge in [0.15, 0.2) is 0 Å². The van der Waals surface area contributed by atoms with Crippen molar-refractivity contribution in [2.45, 2.75) is 57.9 Å². The summed E-state index contributed by atoms with van der Waals surface area (Å²) in [5.74, 6) is 2.94. The molecule has 0 spiro atoms. The third-order valence-corrected chi connectivity index (χ3v) is 5.36. The van der Waals surface area contributed by atoms with E-state index in [1.54, 1.807) is 0 Å². The van der Waals surface area contributed by atoms with Crippen molar-refractivity contribution in [3.8, 4) is 0 Å². The number of pyridine rings is 1. The Balaban J connectivity index is 1.55. The van der Waals surface area contributed by atoms with Crippen molar-refractivity contribution in [3.63, 3.8) is 0 Å². The van der Waals surface area contributed by atoms with E-state index in [9.17, 15) is 0 Å². The van der Waals surface area contributed by atoms with E-state index < -0.39 is 0 Å². The van der Waals surface area contributed by atoms with Gasteiger partial charge >= 0.3 is 0 Å². The molecule has 0 N–H and O–H groups in total. The van der Waals surface area contributed by atoms with Gasteiger partial charge in [0.25, 0.3) is 0 Å². The summed E-state index contributed by atoms with van der Waals surface area (Å²) < 4.78 is 2.29. The fourth-order valence-electron chi connectivity index (χ4n) is 4.09. The molecule has 0 radical (unpaired) electrons. The Kier molecular flexibility index (Phi) is 4.06. The van der Waals surface area contributed by atoms with E-state index in [0.29, 0.717) is 5.92 Å². The highest BCUT2D eigenvalue weighted by Gasteiger charge is 2.25. The van der Waals surface area contributed by atoms with Crippen molar-refractivity contribution >= 4 is 5.82 Å². The molecule has 0 saturated carbocycles. The fraction of sp³-hybridized carbons (Fsp3) is 0.579. The van der Waals surface area contributed by atoms with Crippen molar-refractivity contribution in [2.75, 3.05) is 18.0 Å². The van der Waals surface area contributed by atoms with Crippen LogP contribution in [-0.2, 0) is 19.4 Å². The van der Waals surface area contributed by atoms with E-state index in [1.807, 2.05) is 6.20 Å². The van der Waals surface area contributed by atoms with Crippen LogP contribution in [0.2, 0.25) is 0 Å². The van der Waals surface area contributed by atoms with E-state index in [0.717, 1.165) is 26.1 Å². The van der Waals surface area contributed by atoms with Crippen molar-refractivity contribution in [1.29, 1.82) is 0 Å². The van der Waals surface area contributed by atoms with E-state index >= 15 is 0 Å². The summed E-state index contributed by atoms with van der Waals surface area (Å²) in [6.45, 7) is 5.36. The molecule has 4 rings (SSSR count). The Morgan fingerprint density at radius 1 is 1.17 bits per heavy atom. The molecule has 23 heavy (non-hydrogen) atoms. The van der Waals surface area contributed by atoms with Crippen LogP contribution in [0.1, 0.15) is 55.6 Å². The minimum absolute atomic E-state index is 0.525. The highest BCUT2D eigenvalue weighted by molar-refractivity contribution is 5.43. The van der Waals surface area contributed by atoms with E-state index in [1.165, 1.54) is 55.0 Å². The maximum Gasteiger partial charge on any atom is 0.128 e. The largest absolute Gasteiger partial charge is 0.356 e. The van der Waals surface area contributed by atoms with Gasteiger partial charge in [0.2, 0.25) is 0 Å². The first kappa shape index (κ1) is 14.7. The average Bonchev–Trinajstić information content (AvgIpc) is 3.10. The molecule has 3 heterocycles. The van der Waals surface area contributed by atoms with Crippen LogP contribution in [0, 0.1) is 0 Å². The van der Waals surface area contributed by atoms with Crippen LogP contribution in [0.5, 0.6) is 0 Å². The van der Waals surface area contributed by atoms with Gasteiger partial charge in [-0.1, -0.05) is 6.07 Å². The monoisotopic (exact) mass is 310 g/mol. The Bertz CT molecular complexity index is 676. The molecular formula is C19H26N4. The van der Waals surface area contributed by atoms with Gasteiger partial charge in [-0.2, -0.15) is 0 Å². The van der Waals surface area contributed by atoms with Crippen LogP contribution < -0.4 is 4.90 Å². The van der Waals surface area contributed by atoms with Crippen LogP contribution in [0.4, 0.5) is 5.82 Å². The summed E-state index contributed by atoms with van der Waals surface area (Å²) in [5, 5.41) is 0. The lowest BCUT2D eigenvalue weighted by Gasteiger charge is -2.34. The lowest BCUT2D eigenvalue weighted by atomic mass is 9.95. The molecule has 0 bridgehead atoms. The Labute approximate surface area is 138 Å². The summed E-state index contributed by atoms with van der Waals surface area (Å²) in [7, 11) is 0.